The summed E-state index contributed by atoms with van der Waals surface area (Å²) in [6.45, 7) is 0. The van der Waals surface area contributed by atoms with Crippen molar-refractivity contribution in [1.29, 1.82) is 0 Å². The van der Waals surface area contributed by atoms with Crippen molar-refractivity contribution in [2.75, 3.05) is 4.90 Å². The van der Waals surface area contributed by atoms with Gasteiger partial charge in [0.1, 0.15) is 33.7 Å². The van der Waals surface area contributed by atoms with E-state index in [4.69, 9.17) is 13.3 Å². The third-order valence-electron chi connectivity index (χ3n) is 12.5. The molecular weight excluding hydrogens is 759 g/mol. The molecule has 0 aliphatic carbocycles. The molecule has 0 fully saturated rings. The van der Waals surface area contributed by atoms with Gasteiger partial charge >= 0.3 is 0 Å². The lowest BCUT2D eigenvalue weighted by Crippen LogP contribution is -2.09. The molecule has 13 aromatic rings. The van der Waals surface area contributed by atoms with Crippen molar-refractivity contribution >= 4 is 93.5 Å². The van der Waals surface area contributed by atoms with Crippen LogP contribution in [0.25, 0.3) is 110 Å². The van der Waals surface area contributed by atoms with Crippen LogP contribution in [0.1, 0.15) is 0 Å². The predicted octanol–water partition coefficient (Wildman–Crippen LogP) is 17.0. The molecule has 4 nitrogen and oxygen atoms in total. The molecule has 4 heteroatoms. The Labute approximate surface area is 356 Å². The molecule has 0 unspecified atom stereocenters. The SMILES string of the molecule is c1ccc(-c2oc3c4cc(-c5ccc(N(c6ccc7c(c6)oc6ccccc67)c6ccc7c(c6)oc6ccccc67)cc5)ccc4c4ccccc4c3c2-c2ccccc2)cc1. The number of anilines is 3. The Morgan fingerprint density at radius 3 is 1.37 bits per heavy atom. The second kappa shape index (κ2) is 13.6. The normalized spacial score (nSPS) is 11.9. The van der Waals surface area contributed by atoms with Gasteiger partial charge in [-0.25, -0.2) is 0 Å². The standard InChI is InChI=1S/C58H35NO3/c1-3-13-37(14-4-1)55-56-49-20-8-7-17-43(49)44-30-25-39(33-50(44)58(56)62-57(55)38-15-5-2-6-16-38)36-23-26-40(27-24-36)59(41-28-31-47-45-18-9-11-21-51(45)60-53(47)34-41)42-29-32-48-46-19-10-12-22-52(46)61-54(48)35-42/h1-35H. The summed E-state index contributed by atoms with van der Waals surface area (Å²) >= 11 is 0. The molecule has 62 heavy (non-hydrogen) atoms. The van der Waals surface area contributed by atoms with E-state index in [-0.39, 0.29) is 0 Å². The number of rotatable bonds is 6. The van der Waals surface area contributed by atoms with E-state index in [1.807, 2.05) is 24.3 Å². The highest BCUT2D eigenvalue weighted by atomic mass is 16.3. The van der Waals surface area contributed by atoms with Gasteiger partial charge in [0.25, 0.3) is 0 Å². The van der Waals surface area contributed by atoms with Crippen LogP contribution in [0.4, 0.5) is 17.1 Å². The van der Waals surface area contributed by atoms with Gasteiger partial charge in [-0.2, -0.15) is 0 Å². The molecule has 0 saturated carbocycles. The fourth-order valence-corrected chi connectivity index (χ4v) is 9.59. The van der Waals surface area contributed by atoms with E-state index in [0.29, 0.717) is 0 Å². The Morgan fingerprint density at radius 1 is 0.274 bits per heavy atom. The minimum absolute atomic E-state index is 0.842. The number of nitrogens with zero attached hydrogens (tertiary/aromatic N) is 1. The van der Waals surface area contributed by atoms with E-state index in [1.54, 1.807) is 0 Å². The molecule has 290 valence electrons. The van der Waals surface area contributed by atoms with Crippen molar-refractivity contribution in [3.8, 4) is 33.6 Å². The number of fused-ring (bicyclic) bond motifs is 12. The highest BCUT2D eigenvalue weighted by Gasteiger charge is 2.23. The number of hydrogen-bond donors (Lipinski definition) is 0. The average molecular weight is 794 g/mol. The lowest BCUT2D eigenvalue weighted by atomic mass is 9.91. The zero-order valence-corrected chi connectivity index (χ0v) is 33.4. The first-order valence-electron chi connectivity index (χ1n) is 21.0. The molecule has 3 heterocycles. The fraction of sp³-hybridized carbons (Fsp3) is 0. The van der Waals surface area contributed by atoms with Gasteiger partial charge < -0.3 is 18.2 Å². The van der Waals surface area contributed by atoms with Gasteiger partial charge in [0.15, 0.2) is 0 Å². The third kappa shape index (κ3) is 5.33. The summed E-state index contributed by atoms with van der Waals surface area (Å²) in [5.74, 6) is 0.876. The first kappa shape index (κ1) is 34.5. The number of furan rings is 3. The van der Waals surface area contributed by atoms with E-state index in [0.717, 1.165) is 116 Å². The molecule has 0 aliphatic heterocycles. The molecule has 13 rings (SSSR count). The number of hydrogen-bond acceptors (Lipinski definition) is 4. The second-order valence-electron chi connectivity index (χ2n) is 16.0. The van der Waals surface area contributed by atoms with E-state index in [1.165, 1.54) is 10.8 Å². The molecule has 0 N–H and O–H groups in total. The Morgan fingerprint density at radius 2 is 0.742 bits per heavy atom. The topological polar surface area (TPSA) is 42.7 Å². The van der Waals surface area contributed by atoms with Crippen LogP contribution in [0.2, 0.25) is 0 Å². The van der Waals surface area contributed by atoms with Gasteiger partial charge in [-0.3, -0.25) is 0 Å². The molecule has 3 aromatic heterocycles. The minimum Gasteiger partial charge on any atom is -0.456 e. The summed E-state index contributed by atoms with van der Waals surface area (Å²) in [6.07, 6.45) is 0. The summed E-state index contributed by atoms with van der Waals surface area (Å²) in [7, 11) is 0. The average Bonchev–Trinajstić information content (AvgIpc) is 4.04. The first-order chi connectivity index (χ1) is 30.7. The minimum atomic E-state index is 0.842. The molecule has 0 atom stereocenters. The lowest BCUT2D eigenvalue weighted by Gasteiger charge is -2.25. The van der Waals surface area contributed by atoms with Gasteiger partial charge in [-0.1, -0.05) is 146 Å². The molecular formula is C58H35NO3. The third-order valence-corrected chi connectivity index (χ3v) is 12.5. The van der Waals surface area contributed by atoms with E-state index in [2.05, 4.69) is 193 Å². The van der Waals surface area contributed by atoms with Crippen molar-refractivity contribution in [3.05, 3.63) is 212 Å². The molecule has 0 aliphatic rings. The summed E-state index contributed by atoms with van der Waals surface area (Å²) < 4.78 is 19.9. The van der Waals surface area contributed by atoms with Gasteiger partial charge in [0, 0.05) is 72.6 Å². The van der Waals surface area contributed by atoms with Crippen LogP contribution in [0.15, 0.2) is 226 Å². The van der Waals surface area contributed by atoms with Crippen LogP contribution in [-0.4, -0.2) is 0 Å². The van der Waals surface area contributed by atoms with E-state index in [9.17, 15) is 0 Å². The number of para-hydroxylation sites is 2. The quantitative estimate of drug-likeness (QED) is 0.157. The Kier molecular flexibility index (Phi) is 7.57. The van der Waals surface area contributed by atoms with Crippen molar-refractivity contribution in [2.45, 2.75) is 0 Å². The van der Waals surface area contributed by atoms with Gasteiger partial charge in [-0.05, 0) is 87.4 Å². The first-order valence-corrected chi connectivity index (χ1v) is 21.0. The zero-order valence-electron chi connectivity index (χ0n) is 33.4. The van der Waals surface area contributed by atoms with Crippen LogP contribution in [0, 0.1) is 0 Å². The molecule has 0 radical (unpaired) electrons. The maximum atomic E-state index is 7.08. The van der Waals surface area contributed by atoms with Crippen molar-refractivity contribution in [2.24, 2.45) is 0 Å². The van der Waals surface area contributed by atoms with Crippen LogP contribution in [-0.2, 0) is 0 Å². The highest BCUT2D eigenvalue weighted by Crippen LogP contribution is 2.48. The van der Waals surface area contributed by atoms with Crippen LogP contribution < -0.4 is 4.90 Å². The molecule has 0 bridgehead atoms. The lowest BCUT2D eigenvalue weighted by molar-refractivity contribution is 0.636. The van der Waals surface area contributed by atoms with Crippen molar-refractivity contribution in [3.63, 3.8) is 0 Å². The summed E-state index contributed by atoms with van der Waals surface area (Å²) in [4.78, 5) is 2.28. The molecule has 0 spiro atoms. The molecule has 0 saturated heterocycles. The summed E-state index contributed by atoms with van der Waals surface area (Å²) in [5.41, 5.74) is 12.8. The van der Waals surface area contributed by atoms with E-state index < -0.39 is 0 Å². The van der Waals surface area contributed by atoms with Gasteiger partial charge in [-0.15, -0.1) is 0 Å². The smallest absolute Gasteiger partial charge is 0.143 e. The zero-order chi connectivity index (χ0) is 40.7. The highest BCUT2D eigenvalue weighted by molar-refractivity contribution is 6.29. The Bertz CT molecular complexity index is 3740. The van der Waals surface area contributed by atoms with Gasteiger partial charge in [0.05, 0.1) is 0 Å². The Hall–Kier alpha value is -8.34. The maximum absolute atomic E-state index is 7.08. The summed E-state index contributed by atoms with van der Waals surface area (Å²) in [5, 5.41) is 10.2. The maximum Gasteiger partial charge on any atom is 0.143 e. The fourth-order valence-electron chi connectivity index (χ4n) is 9.59. The largest absolute Gasteiger partial charge is 0.456 e. The van der Waals surface area contributed by atoms with Crippen LogP contribution in [0.5, 0.6) is 0 Å². The second-order valence-corrected chi connectivity index (χ2v) is 16.0. The monoisotopic (exact) mass is 793 g/mol. The van der Waals surface area contributed by atoms with Crippen LogP contribution in [0.3, 0.4) is 0 Å². The van der Waals surface area contributed by atoms with Crippen molar-refractivity contribution in [1.82, 2.24) is 0 Å². The van der Waals surface area contributed by atoms with Crippen molar-refractivity contribution < 1.29 is 13.3 Å². The van der Waals surface area contributed by atoms with Gasteiger partial charge in [0.2, 0.25) is 0 Å². The Balaban J connectivity index is 0.976. The molecule has 10 aromatic carbocycles. The molecule has 0 amide bonds. The van der Waals surface area contributed by atoms with E-state index >= 15 is 0 Å². The predicted molar refractivity (Wildman–Crippen MR) is 257 cm³/mol. The van der Waals surface area contributed by atoms with Crippen LogP contribution >= 0.6 is 0 Å². The summed E-state index contributed by atoms with van der Waals surface area (Å²) in [6, 6.07) is 74.8. The number of benzene rings is 10.